The van der Waals surface area contributed by atoms with Crippen molar-refractivity contribution in [2.75, 3.05) is 13.7 Å². The zero-order valence-electron chi connectivity index (χ0n) is 15.9. The van der Waals surface area contributed by atoms with Crippen LogP contribution in [0.25, 0.3) is 0 Å². The molecule has 27 heavy (non-hydrogen) atoms. The Balaban J connectivity index is 1.56. The first-order chi connectivity index (χ1) is 13.1. The maximum absolute atomic E-state index is 12.5. The van der Waals surface area contributed by atoms with Gasteiger partial charge in [-0.2, -0.15) is 0 Å². The van der Waals surface area contributed by atoms with Crippen molar-refractivity contribution in [2.45, 2.75) is 39.4 Å². The van der Waals surface area contributed by atoms with Gasteiger partial charge in [0.2, 0.25) is 11.8 Å². The topological polar surface area (TPSA) is 76.5 Å². The second-order valence-electron chi connectivity index (χ2n) is 6.74. The van der Waals surface area contributed by atoms with E-state index in [1.54, 1.807) is 18.2 Å². The van der Waals surface area contributed by atoms with Crippen LogP contribution in [0.15, 0.2) is 36.7 Å². The van der Waals surface area contributed by atoms with Crippen molar-refractivity contribution in [3.63, 3.8) is 0 Å². The molecule has 1 aromatic heterocycles. The molecule has 0 bridgehead atoms. The second-order valence-corrected chi connectivity index (χ2v) is 6.74. The molecule has 0 aliphatic carbocycles. The van der Waals surface area contributed by atoms with Gasteiger partial charge in [-0.25, -0.2) is 4.98 Å². The first-order valence-corrected chi connectivity index (χ1v) is 9.29. The highest BCUT2D eigenvalue weighted by Crippen LogP contribution is 2.24. The smallest absolute Gasteiger partial charge is 0.225 e. The number of likely N-dealkylation sites (tertiary alicyclic amines) is 1. The van der Waals surface area contributed by atoms with Crippen LogP contribution in [0.1, 0.15) is 31.2 Å². The van der Waals surface area contributed by atoms with Crippen molar-refractivity contribution in [2.24, 2.45) is 5.92 Å². The molecule has 1 N–H and O–H groups in total. The second kappa shape index (κ2) is 8.70. The Morgan fingerprint density at radius 3 is 2.96 bits per heavy atom. The van der Waals surface area contributed by atoms with Crippen molar-refractivity contribution in [1.29, 1.82) is 0 Å². The third kappa shape index (κ3) is 4.48. The lowest BCUT2D eigenvalue weighted by Crippen LogP contribution is -2.33. The molecule has 144 valence electrons. The highest BCUT2D eigenvalue weighted by molar-refractivity contribution is 5.89. The monoisotopic (exact) mass is 370 g/mol. The number of methoxy groups -OCH3 is 1. The average Bonchev–Trinajstić information content (AvgIpc) is 3.27. The molecule has 0 unspecified atom stereocenters. The summed E-state index contributed by atoms with van der Waals surface area (Å²) in [6.07, 6.45) is 4.90. The van der Waals surface area contributed by atoms with Gasteiger partial charge in [0.25, 0.3) is 0 Å². The molecular weight excluding hydrogens is 344 g/mol. The van der Waals surface area contributed by atoms with E-state index in [-0.39, 0.29) is 24.2 Å². The molecule has 1 saturated heterocycles. The fraction of sp³-hybridized carbons (Fsp3) is 0.450. The Kier molecular flexibility index (Phi) is 6.11. The third-order valence-electron chi connectivity index (χ3n) is 4.83. The van der Waals surface area contributed by atoms with Gasteiger partial charge in [0.05, 0.1) is 19.6 Å². The summed E-state index contributed by atoms with van der Waals surface area (Å²) in [6.45, 7) is 4.23. The summed E-state index contributed by atoms with van der Waals surface area (Å²) in [7, 11) is 1.61. The van der Waals surface area contributed by atoms with E-state index in [1.165, 1.54) is 0 Å². The summed E-state index contributed by atoms with van der Waals surface area (Å²) in [5.74, 6) is 1.15. The minimum Gasteiger partial charge on any atom is -0.496 e. The molecule has 0 saturated carbocycles. The maximum atomic E-state index is 12.5. The van der Waals surface area contributed by atoms with Gasteiger partial charge in [-0.1, -0.05) is 25.1 Å². The van der Waals surface area contributed by atoms with Crippen molar-refractivity contribution >= 4 is 11.8 Å². The van der Waals surface area contributed by atoms with Crippen molar-refractivity contribution in [1.82, 2.24) is 19.8 Å². The number of amides is 2. The fourth-order valence-corrected chi connectivity index (χ4v) is 3.40. The Morgan fingerprint density at radius 2 is 2.19 bits per heavy atom. The van der Waals surface area contributed by atoms with Gasteiger partial charge in [-0.05, 0) is 12.5 Å². The zero-order chi connectivity index (χ0) is 19.2. The fourth-order valence-electron chi connectivity index (χ4n) is 3.40. The molecule has 7 nitrogen and oxygen atoms in total. The number of carbonyl (C=O) groups is 2. The van der Waals surface area contributed by atoms with Gasteiger partial charge in [0.1, 0.15) is 11.6 Å². The predicted molar refractivity (Wildman–Crippen MR) is 101 cm³/mol. The van der Waals surface area contributed by atoms with Gasteiger partial charge < -0.3 is 19.5 Å². The Hall–Kier alpha value is -2.83. The first-order valence-electron chi connectivity index (χ1n) is 9.29. The standard InChI is InChI=1S/C20H26N4O3/c1-3-9-23-10-8-21-18(23)12-22-20(26)16-11-19(25)24(14-16)13-15-6-4-5-7-17(15)27-2/h4-8,10,16H,3,9,11-14H2,1-2H3,(H,22,26)/t16-/m1/s1. The summed E-state index contributed by atoms with van der Waals surface area (Å²) in [4.78, 5) is 30.9. The van der Waals surface area contributed by atoms with Crippen LogP contribution in [0.2, 0.25) is 0 Å². The molecule has 2 aromatic rings. The van der Waals surface area contributed by atoms with E-state index in [4.69, 9.17) is 4.74 Å². The van der Waals surface area contributed by atoms with Gasteiger partial charge in [-0.3, -0.25) is 9.59 Å². The molecule has 1 fully saturated rings. The number of carbonyl (C=O) groups excluding carboxylic acids is 2. The molecular formula is C20H26N4O3. The quantitative estimate of drug-likeness (QED) is 0.771. The minimum absolute atomic E-state index is 0.00598. The van der Waals surface area contributed by atoms with Crippen LogP contribution < -0.4 is 10.1 Å². The zero-order valence-corrected chi connectivity index (χ0v) is 15.9. The van der Waals surface area contributed by atoms with Crippen molar-refractivity contribution < 1.29 is 14.3 Å². The summed E-state index contributed by atoms with van der Waals surface area (Å²) in [5, 5.41) is 2.93. The molecule has 1 aliphatic heterocycles. The number of para-hydroxylation sites is 1. The molecule has 2 amide bonds. The largest absolute Gasteiger partial charge is 0.496 e. The number of hydrogen-bond donors (Lipinski definition) is 1. The van der Waals surface area contributed by atoms with E-state index in [9.17, 15) is 9.59 Å². The number of benzene rings is 1. The molecule has 7 heteroatoms. The van der Waals surface area contributed by atoms with Crippen LogP contribution in [0.4, 0.5) is 0 Å². The number of hydrogen-bond acceptors (Lipinski definition) is 4. The lowest BCUT2D eigenvalue weighted by molar-refractivity contribution is -0.129. The summed E-state index contributed by atoms with van der Waals surface area (Å²) in [5.41, 5.74) is 0.941. The molecule has 3 rings (SSSR count). The van der Waals surface area contributed by atoms with Crippen LogP contribution in [0.3, 0.4) is 0 Å². The third-order valence-corrected chi connectivity index (χ3v) is 4.83. The number of aryl methyl sites for hydroxylation is 1. The van der Waals surface area contributed by atoms with Crippen LogP contribution in [-0.2, 0) is 29.2 Å². The number of aromatic nitrogens is 2. The molecule has 0 radical (unpaired) electrons. The van der Waals surface area contributed by atoms with E-state index in [0.29, 0.717) is 19.6 Å². The number of ether oxygens (including phenoxy) is 1. The Morgan fingerprint density at radius 1 is 1.37 bits per heavy atom. The van der Waals surface area contributed by atoms with Gasteiger partial charge in [-0.15, -0.1) is 0 Å². The summed E-state index contributed by atoms with van der Waals surface area (Å²) in [6, 6.07) is 7.62. The highest BCUT2D eigenvalue weighted by Gasteiger charge is 2.34. The van der Waals surface area contributed by atoms with Crippen LogP contribution >= 0.6 is 0 Å². The lowest BCUT2D eigenvalue weighted by Gasteiger charge is -2.18. The van der Waals surface area contributed by atoms with Gasteiger partial charge >= 0.3 is 0 Å². The summed E-state index contributed by atoms with van der Waals surface area (Å²) < 4.78 is 7.39. The number of nitrogens with zero attached hydrogens (tertiary/aromatic N) is 3. The Labute approximate surface area is 159 Å². The van der Waals surface area contributed by atoms with Crippen molar-refractivity contribution in [3.05, 3.63) is 48.0 Å². The molecule has 0 spiro atoms. The first kappa shape index (κ1) is 18.9. The molecule has 1 aromatic carbocycles. The SMILES string of the molecule is CCCn1ccnc1CNC(=O)[C@@H]1CC(=O)N(Cc2ccccc2OC)C1. The number of rotatable bonds is 8. The lowest BCUT2D eigenvalue weighted by atomic mass is 10.1. The van der Waals surface area contributed by atoms with Crippen LogP contribution in [0, 0.1) is 5.92 Å². The van der Waals surface area contributed by atoms with E-state index in [0.717, 1.165) is 30.1 Å². The van der Waals surface area contributed by atoms with E-state index in [2.05, 4.69) is 17.2 Å². The normalized spacial score (nSPS) is 16.6. The highest BCUT2D eigenvalue weighted by atomic mass is 16.5. The van der Waals surface area contributed by atoms with E-state index in [1.807, 2.05) is 35.0 Å². The molecule has 2 heterocycles. The number of imidazole rings is 1. The maximum Gasteiger partial charge on any atom is 0.225 e. The van der Waals surface area contributed by atoms with Gasteiger partial charge in [0, 0.05) is 44.0 Å². The van der Waals surface area contributed by atoms with Crippen LogP contribution in [-0.4, -0.2) is 39.9 Å². The van der Waals surface area contributed by atoms with Gasteiger partial charge in [0.15, 0.2) is 0 Å². The van der Waals surface area contributed by atoms with E-state index < -0.39 is 0 Å². The number of nitrogens with one attached hydrogen (secondary N) is 1. The van der Waals surface area contributed by atoms with E-state index >= 15 is 0 Å². The summed E-state index contributed by atoms with van der Waals surface area (Å²) >= 11 is 0. The molecule has 1 atom stereocenters. The van der Waals surface area contributed by atoms with Crippen LogP contribution in [0.5, 0.6) is 5.75 Å². The Bertz CT molecular complexity index is 802. The average molecular weight is 370 g/mol. The predicted octanol–water partition coefficient (Wildman–Crippen LogP) is 1.97. The minimum atomic E-state index is -0.332. The molecule has 1 aliphatic rings. The van der Waals surface area contributed by atoms with Crippen molar-refractivity contribution in [3.8, 4) is 5.75 Å².